The number of halogens is 2. The van der Waals surface area contributed by atoms with Crippen molar-refractivity contribution >= 4 is 5.69 Å². The Hall–Kier alpha value is -1.90. The first-order chi connectivity index (χ1) is 9.08. The fourth-order valence-corrected chi connectivity index (χ4v) is 2.17. The van der Waals surface area contributed by atoms with E-state index in [2.05, 4.69) is 5.32 Å². The standard InChI is InChI=1S/C16H17F2N/c1-3-16(12-5-4-6-13(17)9-12)19-15-8-11(2)7-14(18)10-15/h4-10,16,19H,3H2,1-2H3. The van der Waals surface area contributed by atoms with Crippen molar-refractivity contribution in [2.45, 2.75) is 26.3 Å². The molecule has 3 heteroatoms. The Morgan fingerprint density at radius 3 is 2.47 bits per heavy atom. The lowest BCUT2D eigenvalue weighted by Gasteiger charge is -2.19. The summed E-state index contributed by atoms with van der Waals surface area (Å²) >= 11 is 0. The van der Waals surface area contributed by atoms with Crippen LogP contribution in [-0.4, -0.2) is 0 Å². The van der Waals surface area contributed by atoms with Gasteiger partial charge in [-0.05, 0) is 54.8 Å². The Labute approximate surface area is 112 Å². The number of rotatable bonds is 4. The summed E-state index contributed by atoms with van der Waals surface area (Å²) in [5.74, 6) is -0.523. The van der Waals surface area contributed by atoms with E-state index in [0.29, 0.717) is 5.69 Å². The molecule has 100 valence electrons. The summed E-state index contributed by atoms with van der Waals surface area (Å²) in [6.45, 7) is 3.85. The van der Waals surface area contributed by atoms with Gasteiger partial charge in [-0.15, -0.1) is 0 Å². The number of anilines is 1. The lowest BCUT2D eigenvalue weighted by Crippen LogP contribution is -2.10. The van der Waals surface area contributed by atoms with Crippen LogP contribution in [0.25, 0.3) is 0 Å². The molecule has 0 amide bonds. The van der Waals surface area contributed by atoms with Crippen molar-refractivity contribution in [2.75, 3.05) is 5.32 Å². The van der Waals surface area contributed by atoms with Crippen LogP contribution >= 0.6 is 0 Å². The van der Waals surface area contributed by atoms with E-state index < -0.39 is 0 Å². The van der Waals surface area contributed by atoms with E-state index >= 15 is 0 Å². The highest BCUT2D eigenvalue weighted by Crippen LogP contribution is 2.24. The second-order valence-electron chi connectivity index (χ2n) is 4.68. The minimum absolute atomic E-state index is 0.0306. The van der Waals surface area contributed by atoms with Crippen molar-refractivity contribution in [3.63, 3.8) is 0 Å². The summed E-state index contributed by atoms with van der Waals surface area (Å²) in [4.78, 5) is 0. The Bertz CT molecular complexity index is 546. The van der Waals surface area contributed by atoms with Gasteiger partial charge in [0.25, 0.3) is 0 Å². The molecular formula is C16H17F2N. The van der Waals surface area contributed by atoms with Crippen LogP contribution in [0.4, 0.5) is 14.5 Å². The number of nitrogens with one attached hydrogen (secondary N) is 1. The molecule has 2 aromatic carbocycles. The zero-order valence-corrected chi connectivity index (χ0v) is 11.1. The van der Waals surface area contributed by atoms with Crippen molar-refractivity contribution in [1.82, 2.24) is 0 Å². The molecule has 2 rings (SSSR count). The molecule has 0 radical (unpaired) electrons. The van der Waals surface area contributed by atoms with Crippen molar-refractivity contribution in [3.05, 3.63) is 65.2 Å². The maximum Gasteiger partial charge on any atom is 0.125 e. The minimum Gasteiger partial charge on any atom is -0.378 e. The summed E-state index contributed by atoms with van der Waals surface area (Å²) < 4.78 is 26.6. The first-order valence-electron chi connectivity index (χ1n) is 6.37. The van der Waals surface area contributed by atoms with Crippen LogP contribution in [0.5, 0.6) is 0 Å². The van der Waals surface area contributed by atoms with E-state index in [1.54, 1.807) is 6.07 Å². The van der Waals surface area contributed by atoms with E-state index in [-0.39, 0.29) is 17.7 Å². The van der Waals surface area contributed by atoms with Crippen molar-refractivity contribution in [2.24, 2.45) is 0 Å². The van der Waals surface area contributed by atoms with Crippen LogP contribution in [0.15, 0.2) is 42.5 Å². The molecule has 0 aliphatic rings. The third kappa shape index (κ3) is 3.53. The highest BCUT2D eigenvalue weighted by atomic mass is 19.1. The second kappa shape index (κ2) is 5.83. The van der Waals surface area contributed by atoms with Crippen molar-refractivity contribution < 1.29 is 8.78 Å². The first-order valence-corrected chi connectivity index (χ1v) is 6.37. The molecule has 0 aromatic heterocycles. The molecule has 0 fully saturated rings. The van der Waals surface area contributed by atoms with Crippen LogP contribution in [-0.2, 0) is 0 Å². The van der Waals surface area contributed by atoms with Crippen LogP contribution in [0.1, 0.15) is 30.5 Å². The Balaban J connectivity index is 2.23. The maximum absolute atomic E-state index is 13.3. The van der Waals surface area contributed by atoms with E-state index in [4.69, 9.17) is 0 Å². The van der Waals surface area contributed by atoms with Gasteiger partial charge in [-0.1, -0.05) is 19.1 Å². The molecule has 0 heterocycles. The number of hydrogen-bond donors (Lipinski definition) is 1. The van der Waals surface area contributed by atoms with Gasteiger partial charge in [0.2, 0.25) is 0 Å². The highest BCUT2D eigenvalue weighted by Gasteiger charge is 2.10. The summed E-state index contributed by atoms with van der Waals surface area (Å²) in [5, 5.41) is 3.25. The minimum atomic E-state index is -0.267. The molecule has 1 nitrogen and oxygen atoms in total. The van der Waals surface area contributed by atoms with E-state index in [1.807, 2.05) is 26.0 Å². The molecule has 0 saturated carbocycles. The predicted molar refractivity (Wildman–Crippen MR) is 74.2 cm³/mol. The fraction of sp³-hybridized carbons (Fsp3) is 0.250. The third-order valence-corrected chi connectivity index (χ3v) is 3.04. The van der Waals surface area contributed by atoms with Gasteiger partial charge in [-0.3, -0.25) is 0 Å². The Morgan fingerprint density at radius 2 is 1.84 bits per heavy atom. The summed E-state index contributed by atoms with van der Waals surface area (Å²) in [5.41, 5.74) is 2.44. The average Bonchev–Trinajstić information content (AvgIpc) is 2.34. The summed E-state index contributed by atoms with van der Waals surface area (Å²) in [6.07, 6.45) is 0.791. The van der Waals surface area contributed by atoms with Crippen LogP contribution < -0.4 is 5.32 Å². The van der Waals surface area contributed by atoms with Crippen molar-refractivity contribution in [3.8, 4) is 0 Å². The molecule has 1 atom stereocenters. The average molecular weight is 261 g/mol. The molecular weight excluding hydrogens is 244 g/mol. The zero-order valence-electron chi connectivity index (χ0n) is 11.1. The van der Waals surface area contributed by atoms with Crippen LogP contribution in [0.3, 0.4) is 0 Å². The smallest absolute Gasteiger partial charge is 0.125 e. The van der Waals surface area contributed by atoms with Gasteiger partial charge >= 0.3 is 0 Å². The number of benzene rings is 2. The SMILES string of the molecule is CCC(Nc1cc(C)cc(F)c1)c1cccc(F)c1. The van der Waals surface area contributed by atoms with Crippen LogP contribution in [0.2, 0.25) is 0 Å². The summed E-state index contributed by atoms with van der Waals surface area (Å²) in [7, 11) is 0. The largest absolute Gasteiger partial charge is 0.378 e. The molecule has 0 spiro atoms. The summed E-state index contributed by atoms with van der Waals surface area (Å²) in [6, 6.07) is 11.3. The zero-order chi connectivity index (χ0) is 13.8. The normalized spacial score (nSPS) is 12.2. The highest BCUT2D eigenvalue weighted by molar-refractivity contribution is 5.48. The quantitative estimate of drug-likeness (QED) is 0.830. The van der Waals surface area contributed by atoms with Gasteiger partial charge in [0, 0.05) is 5.69 Å². The van der Waals surface area contributed by atoms with Gasteiger partial charge in [-0.2, -0.15) is 0 Å². The van der Waals surface area contributed by atoms with E-state index in [9.17, 15) is 8.78 Å². The molecule has 0 aliphatic heterocycles. The first kappa shape index (κ1) is 13.5. The molecule has 19 heavy (non-hydrogen) atoms. The molecule has 1 N–H and O–H groups in total. The molecule has 1 unspecified atom stereocenters. The van der Waals surface area contributed by atoms with Gasteiger partial charge in [0.05, 0.1) is 6.04 Å². The Morgan fingerprint density at radius 1 is 1.05 bits per heavy atom. The van der Waals surface area contributed by atoms with Crippen molar-refractivity contribution in [1.29, 1.82) is 0 Å². The second-order valence-corrected chi connectivity index (χ2v) is 4.68. The number of aryl methyl sites for hydroxylation is 1. The van der Waals surface area contributed by atoms with E-state index in [1.165, 1.54) is 24.3 Å². The fourth-order valence-electron chi connectivity index (χ4n) is 2.17. The monoisotopic (exact) mass is 261 g/mol. The molecule has 0 saturated heterocycles. The van der Waals surface area contributed by atoms with Gasteiger partial charge in [-0.25, -0.2) is 8.78 Å². The molecule has 0 aliphatic carbocycles. The number of hydrogen-bond acceptors (Lipinski definition) is 1. The lowest BCUT2D eigenvalue weighted by atomic mass is 10.0. The van der Waals surface area contributed by atoms with Crippen LogP contribution in [0, 0.1) is 18.6 Å². The third-order valence-electron chi connectivity index (χ3n) is 3.04. The topological polar surface area (TPSA) is 12.0 Å². The molecule has 0 bridgehead atoms. The van der Waals surface area contributed by atoms with Gasteiger partial charge in [0.15, 0.2) is 0 Å². The molecule has 2 aromatic rings. The predicted octanol–water partition coefficient (Wildman–Crippen LogP) is 4.84. The van der Waals surface area contributed by atoms with Gasteiger partial charge in [0.1, 0.15) is 11.6 Å². The Kier molecular flexibility index (Phi) is 4.15. The maximum atomic E-state index is 13.3. The van der Waals surface area contributed by atoms with Gasteiger partial charge < -0.3 is 5.32 Å². The van der Waals surface area contributed by atoms with E-state index in [0.717, 1.165) is 17.5 Å². The lowest BCUT2D eigenvalue weighted by molar-refractivity contribution is 0.619.